The standard InChI is InChI=1S/C23H17N3O4S/c1-15-20(21(26-30-15)17-6-3-2-4-7-17)22(27)25-24-14-16-9-11-18(12-10-16)29-23(28)19-8-5-13-31-19/h2-14H,1H3,(H,25,27)/b24-14+. The predicted octanol–water partition coefficient (Wildman–Crippen LogP) is 4.69. The highest BCUT2D eigenvalue weighted by Crippen LogP contribution is 2.24. The molecular formula is C23H17N3O4S. The molecule has 4 rings (SSSR count). The number of amides is 1. The number of hydrogen-bond donors (Lipinski definition) is 1. The zero-order chi connectivity index (χ0) is 21.6. The highest BCUT2D eigenvalue weighted by molar-refractivity contribution is 7.12. The van der Waals surface area contributed by atoms with Crippen molar-refractivity contribution in [3.8, 4) is 17.0 Å². The molecule has 0 unspecified atom stereocenters. The lowest BCUT2D eigenvalue weighted by atomic mass is 10.1. The number of thiophene rings is 1. The van der Waals surface area contributed by atoms with Crippen molar-refractivity contribution in [3.05, 3.63) is 93.9 Å². The molecule has 0 saturated carbocycles. The van der Waals surface area contributed by atoms with Crippen LogP contribution in [0.2, 0.25) is 0 Å². The molecule has 4 aromatic rings. The molecule has 0 aliphatic carbocycles. The van der Waals surface area contributed by atoms with Gasteiger partial charge in [0, 0.05) is 5.56 Å². The van der Waals surface area contributed by atoms with Crippen molar-refractivity contribution in [2.75, 3.05) is 0 Å². The van der Waals surface area contributed by atoms with Gasteiger partial charge in [-0.3, -0.25) is 4.79 Å². The first-order valence-electron chi connectivity index (χ1n) is 9.32. The Labute approximate surface area is 182 Å². The van der Waals surface area contributed by atoms with Gasteiger partial charge < -0.3 is 9.26 Å². The summed E-state index contributed by atoms with van der Waals surface area (Å²) in [4.78, 5) is 25.1. The van der Waals surface area contributed by atoms with Crippen LogP contribution < -0.4 is 10.2 Å². The summed E-state index contributed by atoms with van der Waals surface area (Å²) >= 11 is 1.32. The van der Waals surface area contributed by atoms with Gasteiger partial charge in [-0.2, -0.15) is 5.10 Å². The minimum atomic E-state index is -0.421. The fraction of sp³-hybridized carbons (Fsp3) is 0.0435. The van der Waals surface area contributed by atoms with Crippen LogP contribution in [0.5, 0.6) is 5.75 Å². The van der Waals surface area contributed by atoms with E-state index in [4.69, 9.17) is 9.26 Å². The van der Waals surface area contributed by atoms with Crippen LogP contribution in [-0.4, -0.2) is 23.2 Å². The van der Waals surface area contributed by atoms with E-state index in [2.05, 4.69) is 15.7 Å². The first kappa shape index (κ1) is 20.2. The van der Waals surface area contributed by atoms with Gasteiger partial charge in [0.25, 0.3) is 5.91 Å². The molecule has 0 aliphatic rings. The molecule has 2 aromatic carbocycles. The number of carbonyl (C=O) groups excluding carboxylic acids is 2. The molecule has 1 amide bonds. The fourth-order valence-corrected chi connectivity index (χ4v) is 3.43. The quantitative estimate of drug-likeness (QED) is 0.207. The van der Waals surface area contributed by atoms with Gasteiger partial charge >= 0.3 is 5.97 Å². The van der Waals surface area contributed by atoms with Crippen LogP contribution >= 0.6 is 11.3 Å². The Morgan fingerprint density at radius 3 is 2.55 bits per heavy atom. The van der Waals surface area contributed by atoms with Crippen molar-refractivity contribution in [1.82, 2.24) is 10.6 Å². The number of hydrazone groups is 1. The number of hydrogen-bond acceptors (Lipinski definition) is 7. The maximum atomic E-state index is 12.6. The van der Waals surface area contributed by atoms with Gasteiger partial charge in [-0.25, -0.2) is 10.2 Å². The zero-order valence-electron chi connectivity index (χ0n) is 16.4. The van der Waals surface area contributed by atoms with E-state index in [0.29, 0.717) is 27.6 Å². The topological polar surface area (TPSA) is 93.8 Å². The van der Waals surface area contributed by atoms with E-state index in [1.807, 2.05) is 35.7 Å². The largest absolute Gasteiger partial charge is 0.422 e. The third kappa shape index (κ3) is 4.76. The number of esters is 1. The van der Waals surface area contributed by atoms with Gasteiger partial charge in [-0.1, -0.05) is 41.6 Å². The third-order valence-corrected chi connectivity index (χ3v) is 5.18. The van der Waals surface area contributed by atoms with Gasteiger partial charge in [0.2, 0.25) is 0 Å². The van der Waals surface area contributed by atoms with E-state index >= 15 is 0 Å². The second-order valence-corrected chi connectivity index (χ2v) is 7.41. The molecule has 2 heterocycles. The summed E-state index contributed by atoms with van der Waals surface area (Å²) in [6.45, 7) is 1.67. The number of aromatic nitrogens is 1. The molecule has 154 valence electrons. The number of aryl methyl sites for hydroxylation is 1. The summed E-state index contributed by atoms with van der Waals surface area (Å²) in [7, 11) is 0. The zero-order valence-corrected chi connectivity index (χ0v) is 17.3. The third-order valence-electron chi connectivity index (χ3n) is 4.33. The molecule has 0 spiro atoms. The molecule has 0 fully saturated rings. The lowest BCUT2D eigenvalue weighted by Crippen LogP contribution is -2.18. The minimum absolute atomic E-state index is 0.333. The predicted molar refractivity (Wildman–Crippen MR) is 117 cm³/mol. The van der Waals surface area contributed by atoms with Crippen LogP contribution in [-0.2, 0) is 0 Å². The number of nitrogens with zero attached hydrogens (tertiary/aromatic N) is 2. The Kier molecular flexibility index (Phi) is 6.00. The van der Waals surface area contributed by atoms with Crippen molar-refractivity contribution >= 4 is 29.4 Å². The van der Waals surface area contributed by atoms with Crippen molar-refractivity contribution in [2.45, 2.75) is 6.92 Å². The lowest BCUT2D eigenvalue weighted by Gasteiger charge is -2.03. The number of benzene rings is 2. The molecule has 0 bridgehead atoms. The summed E-state index contributed by atoms with van der Waals surface area (Å²) in [5, 5.41) is 9.82. The van der Waals surface area contributed by atoms with Crippen LogP contribution in [0, 0.1) is 6.92 Å². The monoisotopic (exact) mass is 431 g/mol. The molecular weight excluding hydrogens is 414 g/mol. The minimum Gasteiger partial charge on any atom is -0.422 e. The second-order valence-electron chi connectivity index (χ2n) is 6.46. The molecule has 2 aromatic heterocycles. The van der Waals surface area contributed by atoms with Crippen molar-refractivity contribution in [2.24, 2.45) is 5.10 Å². The van der Waals surface area contributed by atoms with Gasteiger partial charge in [0.15, 0.2) is 0 Å². The fourth-order valence-electron chi connectivity index (χ4n) is 2.83. The van der Waals surface area contributed by atoms with Gasteiger partial charge in [0.1, 0.15) is 27.6 Å². The molecule has 8 heteroatoms. The van der Waals surface area contributed by atoms with E-state index in [9.17, 15) is 9.59 Å². The van der Waals surface area contributed by atoms with Crippen LogP contribution in [0.15, 0.2) is 81.7 Å². The highest BCUT2D eigenvalue weighted by atomic mass is 32.1. The van der Waals surface area contributed by atoms with Crippen LogP contribution in [0.25, 0.3) is 11.3 Å². The van der Waals surface area contributed by atoms with Crippen LogP contribution in [0.3, 0.4) is 0 Å². The molecule has 7 nitrogen and oxygen atoms in total. The van der Waals surface area contributed by atoms with E-state index < -0.39 is 11.9 Å². The lowest BCUT2D eigenvalue weighted by molar-refractivity contribution is 0.0739. The van der Waals surface area contributed by atoms with E-state index in [-0.39, 0.29) is 0 Å². The van der Waals surface area contributed by atoms with Gasteiger partial charge in [-0.15, -0.1) is 11.3 Å². The molecule has 1 N–H and O–H groups in total. The summed E-state index contributed by atoms with van der Waals surface area (Å²) in [5.74, 6) is 0.00740. The summed E-state index contributed by atoms with van der Waals surface area (Å²) in [6.07, 6.45) is 1.49. The van der Waals surface area contributed by atoms with Crippen molar-refractivity contribution < 1.29 is 18.8 Å². The van der Waals surface area contributed by atoms with E-state index in [1.54, 1.807) is 43.3 Å². The maximum Gasteiger partial charge on any atom is 0.353 e. The smallest absolute Gasteiger partial charge is 0.353 e. The summed E-state index contributed by atoms with van der Waals surface area (Å²) in [6, 6.07) is 19.6. The first-order valence-corrected chi connectivity index (χ1v) is 10.2. The Balaban J connectivity index is 1.40. The summed E-state index contributed by atoms with van der Waals surface area (Å²) in [5.41, 5.74) is 4.79. The van der Waals surface area contributed by atoms with Crippen molar-refractivity contribution in [3.63, 3.8) is 0 Å². The van der Waals surface area contributed by atoms with Crippen LogP contribution in [0.1, 0.15) is 31.4 Å². The van der Waals surface area contributed by atoms with Gasteiger partial charge in [0.05, 0.1) is 6.21 Å². The Morgan fingerprint density at radius 1 is 1.06 bits per heavy atom. The Morgan fingerprint density at radius 2 is 1.84 bits per heavy atom. The van der Waals surface area contributed by atoms with Crippen molar-refractivity contribution in [1.29, 1.82) is 0 Å². The molecule has 0 atom stereocenters. The Bertz CT molecular complexity index is 1210. The molecule has 0 saturated heterocycles. The normalized spacial score (nSPS) is 10.9. The molecule has 0 radical (unpaired) electrons. The van der Waals surface area contributed by atoms with Crippen LogP contribution in [0.4, 0.5) is 0 Å². The molecule has 31 heavy (non-hydrogen) atoms. The average Bonchev–Trinajstić information content (AvgIpc) is 3.46. The van der Waals surface area contributed by atoms with E-state index in [1.165, 1.54) is 17.6 Å². The SMILES string of the molecule is Cc1onc(-c2ccccc2)c1C(=O)N/N=C/c1ccc(OC(=O)c2cccs2)cc1. The van der Waals surface area contributed by atoms with Gasteiger partial charge in [-0.05, 0) is 48.2 Å². The Hall–Kier alpha value is -4.04. The summed E-state index contributed by atoms with van der Waals surface area (Å²) < 4.78 is 10.5. The first-order chi connectivity index (χ1) is 15.1. The maximum absolute atomic E-state index is 12.6. The number of carbonyl (C=O) groups is 2. The number of rotatable bonds is 6. The number of nitrogens with one attached hydrogen (secondary N) is 1. The average molecular weight is 431 g/mol. The highest BCUT2D eigenvalue weighted by Gasteiger charge is 2.21. The molecule has 0 aliphatic heterocycles. The number of ether oxygens (including phenoxy) is 1. The second kappa shape index (κ2) is 9.19. The van der Waals surface area contributed by atoms with E-state index in [0.717, 1.165) is 11.1 Å².